The number of benzene rings is 1. The maximum atomic E-state index is 12.6. The SMILES string of the molecule is O=C(c1nc(-c2csc(S(=O)(=O)Nc3ccc(OC(F)(F)F)cc3)c2)no1)N1CCCC1. The Labute approximate surface area is 183 Å². The van der Waals surface area contributed by atoms with Crippen LogP contribution in [0.15, 0.2) is 44.4 Å². The fraction of sp³-hybridized carbons (Fsp3) is 0.278. The van der Waals surface area contributed by atoms with Crippen LogP contribution in [0.3, 0.4) is 0 Å². The van der Waals surface area contributed by atoms with Crippen LogP contribution in [-0.4, -0.2) is 48.8 Å². The molecule has 0 atom stereocenters. The molecule has 0 aliphatic carbocycles. The van der Waals surface area contributed by atoms with Crippen LogP contribution in [-0.2, 0) is 10.0 Å². The predicted molar refractivity (Wildman–Crippen MR) is 107 cm³/mol. The topological polar surface area (TPSA) is 115 Å². The average Bonchev–Trinajstić information content (AvgIpc) is 3.47. The van der Waals surface area contributed by atoms with Crippen molar-refractivity contribution < 1.29 is 35.6 Å². The van der Waals surface area contributed by atoms with Gasteiger partial charge >= 0.3 is 18.2 Å². The van der Waals surface area contributed by atoms with Crippen LogP contribution in [0.4, 0.5) is 18.9 Å². The molecule has 1 amide bonds. The van der Waals surface area contributed by atoms with E-state index in [1.54, 1.807) is 4.90 Å². The second-order valence-electron chi connectivity index (χ2n) is 6.75. The van der Waals surface area contributed by atoms with Crippen molar-refractivity contribution in [2.75, 3.05) is 17.8 Å². The quantitative estimate of drug-likeness (QED) is 0.562. The highest BCUT2D eigenvalue weighted by Crippen LogP contribution is 2.29. The highest BCUT2D eigenvalue weighted by Gasteiger charge is 2.31. The molecule has 170 valence electrons. The van der Waals surface area contributed by atoms with E-state index >= 15 is 0 Å². The lowest BCUT2D eigenvalue weighted by Gasteiger charge is -2.10. The summed E-state index contributed by atoms with van der Waals surface area (Å²) in [6.07, 6.45) is -3.03. The number of amides is 1. The van der Waals surface area contributed by atoms with Gasteiger partial charge in [0.15, 0.2) is 0 Å². The Morgan fingerprint density at radius 2 is 1.88 bits per heavy atom. The first-order valence-corrected chi connectivity index (χ1v) is 11.6. The van der Waals surface area contributed by atoms with Gasteiger partial charge in [-0.25, -0.2) is 8.42 Å². The molecule has 1 saturated heterocycles. The molecule has 1 N–H and O–H groups in total. The zero-order valence-electron chi connectivity index (χ0n) is 16.1. The molecule has 14 heteroatoms. The average molecular weight is 488 g/mol. The Balaban J connectivity index is 1.46. The number of likely N-dealkylation sites (tertiary alicyclic amines) is 1. The summed E-state index contributed by atoms with van der Waals surface area (Å²) in [5.74, 6) is -0.949. The lowest BCUT2D eigenvalue weighted by Crippen LogP contribution is -2.27. The van der Waals surface area contributed by atoms with Gasteiger partial charge in [0, 0.05) is 29.7 Å². The number of hydrogen-bond donors (Lipinski definition) is 1. The Kier molecular flexibility index (Phi) is 5.81. The van der Waals surface area contributed by atoms with Crippen molar-refractivity contribution in [2.24, 2.45) is 0 Å². The maximum Gasteiger partial charge on any atom is 0.573 e. The van der Waals surface area contributed by atoms with Crippen molar-refractivity contribution in [1.29, 1.82) is 0 Å². The van der Waals surface area contributed by atoms with Gasteiger partial charge in [0.1, 0.15) is 9.96 Å². The number of ether oxygens (including phenoxy) is 1. The van der Waals surface area contributed by atoms with E-state index in [1.807, 2.05) is 0 Å². The van der Waals surface area contributed by atoms with Gasteiger partial charge in [-0.3, -0.25) is 9.52 Å². The first kappa shape index (κ1) is 22.1. The summed E-state index contributed by atoms with van der Waals surface area (Å²) < 4.78 is 72.9. The summed E-state index contributed by atoms with van der Waals surface area (Å²) in [5.41, 5.74) is 0.390. The van der Waals surface area contributed by atoms with Gasteiger partial charge in [-0.1, -0.05) is 5.16 Å². The molecule has 3 aromatic rings. The number of rotatable bonds is 6. The number of nitrogens with one attached hydrogen (secondary N) is 1. The highest BCUT2D eigenvalue weighted by atomic mass is 32.2. The molecule has 1 fully saturated rings. The van der Waals surface area contributed by atoms with Gasteiger partial charge in [0.25, 0.3) is 10.0 Å². The Hall–Kier alpha value is -3.13. The minimum absolute atomic E-state index is 0.0486. The molecule has 1 aliphatic rings. The number of anilines is 1. The smallest absolute Gasteiger partial charge is 0.406 e. The van der Waals surface area contributed by atoms with Crippen molar-refractivity contribution in [3.05, 3.63) is 41.6 Å². The van der Waals surface area contributed by atoms with Crippen LogP contribution in [0.2, 0.25) is 0 Å². The fourth-order valence-electron chi connectivity index (χ4n) is 2.99. The lowest BCUT2D eigenvalue weighted by atomic mass is 10.3. The fourth-order valence-corrected chi connectivity index (χ4v) is 5.20. The van der Waals surface area contributed by atoms with Crippen LogP contribution < -0.4 is 9.46 Å². The van der Waals surface area contributed by atoms with E-state index in [2.05, 4.69) is 19.6 Å². The summed E-state index contributed by atoms with van der Waals surface area (Å²) in [4.78, 5) is 18.0. The van der Waals surface area contributed by atoms with Crippen molar-refractivity contribution in [3.8, 4) is 17.1 Å². The molecular weight excluding hydrogens is 473 g/mol. The second kappa shape index (κ2) is 8.43. The molecule has 1 aromatic carbocycles. The number of hydrogen-bond acceptors (Lipinski definition) is 8. The number of alkyl halides is 3. The molecule has 2 aromatic heterocycles. The van der Waals surface area contributed by atoms with E-state index in [1.165, 1.54) is 11.4 Å². The molecule has 0 spiro atoms. The summed E-state index contributed by atoms with van der Waals surface area (Å²) in [7, 11) is -4.03. The molecule has 0 radical (unpaired) electrons. The highest BCUT2D eigenvalue weighted by molar-refractivity contribution is 7.94. The molecule has 32 heavy (non-hydrogen) atoms. The molecule has 3 heterocycles. The monoisotopic (exact) mass is 488 g/mol. The van der Waals surface area contributed by atoms with Crippen LogP contribution in [0, 0.1) is 0 Å². The van der Waals surface area contributed by atoms with Gasteiger partial charge in [-0.05, 0) is 43.2 Å². The molecule has 0 bridgehead atoms. The normalized spacial score (nSPS) is 14.5. The third kappa shape index (κ3) is 5.02. The Bertz CT molecular complexity index is 1220. The largest absolute Gasteiger partial charge is 0.573 e. The summed E-state index contributed by atoms with van der Waals surface area (Å²) in [6.45, 7) is 1.23. The van der Waals surface area contributed by atoms with Gasteiger partial charge in [0.2, 0.25) is 5.82 Å². The minimum atomic E-state index is -4.84. The van der Waals surface area contributed by atoms with E-state index in [0.717, 1.165) is 48.4 Å². The number of nitrogens with zero attached hydrogens (tertiary/aromatic N) is 3. The van der Waals surface area contributed by atoms with Crippen molar-refractivity contribution in [1.82, 2.24) is 15.0 Å². The third-order valence-electron chi connectivity index (χ3n) is 4.44. The van der Waals surface area contributed by atoms with Crippen LogP contribution in [0.25, 0.3) is 11.4 Å². The van der Waals surface area contributed by atoms with Crippen LogP contribution in [0.5, 0.6) is 5.75 Å². The summed E-state index contributed by atoms with van der Waals surface area (Å²) in [5, 5.41) is 5.24. The minimum Gasteiger partial charge on any atom is -0.406 e. The third-order valence-corrected chi connectivity index (χ3v) is 7.26. The number of carbonyl (C=O) groups is 1. The molecule has 9 nitrogen and oxygen atoms in total. The van der Waals surface area contributed by atoms with Gasteiger partial charge < -0.3 is 14.2 Å². The molecule has 0 saturated carbocycles. The van der Waals surface area contributed by atoms with Crippen molar-refractivity contribution in [3.63, 3.8) is 0 Å². The van der Waals surface area contributed by atoms with E-state index in [-0.39, 0.29) is 27.5 Å². The predicted octanol–water partition coefficient (Wildman–Crippen LogP) is 3.73. The standard InChI is InChI=1S/C18H15F3N4O5S2/c19-18(20,21)29-13-5-3-12(4-6-13)24-32(27,28)14-9-11(10-31-14)15-22-16(30-23-15)17(26)25-7-1-2-8-25/h3-6,9-10,24H,1-2,7-8H2. The molecule has 0 unspecified atom stereocenters. The first-order chi connectivity index (χ1) is 15.1. The van der Waals surface area contributed by atoms with E-state index in [4.69, 9.17) is 4.52 Å². The maximum absolute atomic E-state index is 12.6. The van der Waals surface area contributed by atoms with E-state index in [0.29, 0.717) is 18.7 Å². The second-order valence-corrected chi connectivity index (χ2v) is 9.58. The Morgan fingerprint density at radius 1 is 1.19 bits per heavy atom. The van der Waals surface area contributed by atoms with Crippen molar-refractivity contribution in [2.45, 2.75) is 23.4 Å². The van der Waals surface area contributed by atoms with Gasteiger partial charge in [-0.2, -0.15) is 4.98 Å². The first-order valence-electron chi connectivity index (χ1n) is 9.21. The van der Waals surface area contributed by atoms with E-state index in [9.17, 15) is 26.4 Å². The van der Waals surface area contributed by atoms with E-state index < -0.39 is 22.1 Å². The molecule has 4 rings (SSSR count). The zero-order valence-corrected chi connectivity index (χ0v) is 17.8. The number of aromatic nitrogens is 2. The Morgan fingerprint density at radius 3 is 2.53 bits per heavy atom. The summed E-state index contributed by atoms with van der Waals surface area (Å²) in [6, 6.07) is 5.57. The summed E-state index contributed by atoms with van der Waals surface area (Å²) >= 11 is 0.884. The van der Waals surface area contributed by atoms with Crippen LogP contribution >= 0.6 is 11.3 Å². The van der Waals surface area contributed by atoms with Crippen molar-refractivity contribution >= 4 is 33.0 Å². The molecular formula is C18H15F3N4O5S2. The lowest BCUT2D eigenvalue weighted by molar-refractivity contribution is -0.274. The zero-order chi connectivity index (χ0) is 22.9. The molecule has 1 aliphatic heterocycles. The number of sulfonamides is 1. The van der Waals surface area contributed by atoms with Gasteiger partial charge in [0.05, 0.1) is 0 Å². The number of halogens is 3. The number of thiophene rings is 1. The number of carbonyl (C=O) groups excluding carboxylic acids is 1. The van der Waals surface area contributed by atoms with Gasteiger partial charge in [-0.15, -0.1) is 24.5 Å². The van der Waals surface area contributed by atoms with Crippen LogP contribution in [0.1, 0.15) is 23.5 Å².